The Hall–Kier alpha value is -2.92. The van der Waals surface area contributed by atoms with Crippen molar-refractivity contribution in [3.8, 4) is 0 Å². The molecular weight excluding hydrogens is 372 g/mol. The number of anilines is 2. The molecule has 0 aliphatic carbocycles. The average molecular weight is 395 g/mol. The van der Waals surface area contributed by atoms with Crippen LogP contribution in [0.4, 0.5) is 11.6 Å². The first kappa shape index (κ1) is 19.8. The number of aryl methyl sites for hydroxylation is 3. The number of carbonyl (C=O) groups excluding carboxylic acids is 1. The molecule has 0 saturated carbocycles. The Balaban J connectivity index is 1.84. The number of nitrogens with one attached hydrogen (secondary N) is 1. The summed E-state index contributed by atoms with van der Waals surface area (Å²) in [6.07, 6.45) is 0. The molecule has 0 bridgehead atoms. The summed E-state index contributed by atoms with van der Waals surface area (Å²) < 4.78 is 0. The number of carbonyl (C=O) groups is 1. The number of benzene rings is 2. The van der Waals surface area contributed by atoms with Crippen LogP contribution >= 0.6 is 11.6 Å². The van der Waals surface area contributed by atoms with E-state index >= 15 is 0 Å². The minimum atomic E-state index is -0.311. The fourth-order valence-electron chi connectivity index (χ4n) is 3.02. The van der Waals surface area contributed by atoms with Gasteiger partial charge in [-0.25, -0.2) is 9.97 Å². The van der Waals surface area contributed by atoms with Gasteiger partial charge in [0.2, 0.25) is 5.95 Å². The van der Waals surface area contributed by atoms with Crippen molar-refractivity contribution in [3.63, 3.8) is 0 Å². The molecule has 0 unspecified atom stereocenters. The van der Waals surface area contributed by atoms with Crippen LogP contribution in [0.25, 0.3) is 0 Å². The van der Waals surface area contributed by atoms with Gasteiger partial charge in [-0.3, -0.25) is 4.79 Å². The van der Waals surface area contributed by atoms with Gasteiger partial charge in [-0.05, 0) is 49.6 Å². The predicted octanol–water partition coefficient (Wildman–Crippen LogP) is 4.94. The third kappa shape index (κ3) is 4.67. The van der Waals surface area contributed by atoms with Crippen molar-refractivity contribution in [1.29, 1.82) is 0 Å². The van der Waals surface area contributed by atoms with Crippen molar-refractivity contribution in [2.75, 3.05) is 17.3 Å². The van der Waals surface area contributed by atoms with E-state index in [1.807, 2.05) is 75.2 Å². The molecule has 28 heavy (non-hydrogen) atoms. The highest BCUT2D eigenvalue weighted by molar-refractivity contribution is 6.34. The van der Waals surface area contributed by atoms with Crippen molar-refractivity contribution >= 4 is 29.1 Å². The first-order valence-corrected chi connectivity index (χ1v) is 9.40. The van der Waals surface area contributed by atoms with E-state index in [1.165, 1.54) is 0 Å². The standard InChI is InChI=1S/C22H23ClN4O/c1-14-10-15(2)20(18(23)11-14)26-21(28)19-12-16(3)24-22(25-19)27(4)13-17-8-6-5-7-9-17/h5-12H,13H2,1-4H3,(H,26,28). The molecule has 0 spiro atoms. The second-order valence-corrected chi connectivity index (χ2v) is 7.34. The summed E-state index contributed by atoms with van der Waals surface area (Å²) in [5.74, 6) is 0.189. The molecule has 1 aromatic heterocycles. The molecule has 3 aromatic rings. The summed E-state index contributed by atoms with van der Waals surface area (Å²) in [5, 5.41) is 3.40. The molecule has 1 heterocycles. The molecule has 0 saturated heterocycles. The van der Waals surface area contributed by atoms with Gasteiger partial charge in [-0.2, -0.15) is 0 Å². The monoisotopic (exact) mass is 394 g/mol. The Kier molecular flexibility index (Phi) is 5.95. The van der Waals surface area contributed by atoms with E-state index in [-0.39, 0.29) is 5.91 Å². The molecule has 0 atom stereocenters. The van der Waals surface area contributed by atoms with Crippen LogP contribution in [0.2, 0.25) is 5.02 Å². The first-order valence-electron chi connectivity index (χ1n) is 9.02. The van der Waals surface area contributed by atoms with Gasteiger partial charge in [0.25, 0.3) is 5.91 Å². The summed E-state index contributed by atoms with van der Waals surface area (Å²) in [7, 11) is 1.91. The lowest BCUT2D eigenvalue weighted by Crippen LogP contribution is -2.22. The van der Waals surface area contributed by atoms with Gasteiger partial charge < -0.3 is 10.2 Å². The van der Waals surface area contributed by atoms with Crippen molar-refractivity contribution in [3.05, 3.63) is 81.6 Å². The highest BCUT2D eigenvalue weighted by Gasteiger charge is 2.16. The van der Waals surface area contributed by atoms with Crippen LogP contribution in [-0.4, -0.2) is 22.9 Å². The van der Waals surface area contributed by atoms with E-state index in [4.69, 9.17) is 11.6 Å². The van der Waals surface area contributed by atoms with Crippen molar-refractivity contribution in [1.82, 2.24) is 9.97 Å². The number of hydrogen-bond acceptors (Lipinski definition) is 4. The summed E-state index contributed by atoms with van der Waals surface area (Å²) in [4.78, 5) is 23.7. The van der Waals surface area contributed by atoms with E-state index in [2.05, 4.69) is 15.3 Å². The summed E-state index contributed by atoms with van der Waals surface area (Å²) >= 11 is 6.31. The van der Waals surface area contributed by atoms with Gasteiger partial charge in [0.15, 0.2) is 0 Å². The van der Waals surface area contributed by atoms with Gasteiger partial charge in [-0.1, -0.05) is 48.0 Å². The number of amides is 1. The highest BCUT2D eigenvalue weighted by Crippen LogP contribution is 2.27. The van der Waals surface area contributed by atoms with Crippen LogP contribution in [0.3, 0.4) is 0 Å². The average Bonchev–Trinajstić information content (AvgIpc) is 2.64. The van der Waals surface area contributed by atoms with E-state index in [0.29, 0.717) is 28.9 Å². The highest BCUT2D eigenvalue weighted by atomic mass is 35.5. The zero-order valence-electron chi connectivity index (χ0n) is 16.5. The van der Waals surface area contributed by atoms with Crippen LogP contribution in [0, 0.1) is 20.8 Å². The van der Waals surface area contributed by atoms with Gasteiger partial charge in [0, 0.05) is 19.3 Å². The van der Waals surface area contributed by atoms with Crippen LogP contribution in [0.1, 0.15) is 32.9 Å². The Bertz CT molecular complexity index is 982. The van der Waals surface area contributed by atoms with Crippen LogP contribution < -0.4 is 10.2 Å². The van der Waals surface area contributed by atoms with Gasteiger partial charge in [0.05, 0.1) is 10.7 Å². The number of hydrogen-bond donors (Lipinski definition) is 1. The number of halogens is 1. The summed E-state index contributed by atoms with van der Waals surface area (Å²) in [6.45, 7) is 6.38. The van der Waals surface area contributed by atoms with Crippen LogP contribution in [0.5, 0.6) is 0 Å². The maximum absolute atomic E-state index is 12.8. The minimum absolute atomic E-state index is 0.304. The summed E-state index contributed by atoms with van der Waals surface area (Å²) in [5.41, 5.74) is 4.73. The summed E-state index contributed by atoms with van der Waals surface area (Å²) in [6, 6.07) is 15.5. The lowest BCUT2D eigenvalue weighted by Gasteiger charge is -2.18. The molecular formula is C22H23ClN4O. The lowest BCUT2D eigenvalue weighted by molar-refractivity contribution is 0.102. The van der Waals surface area contributed by atoms with E-state index in [1.54, 1.807) is 6.07 Å². The molecule has 1 amide bonds. The number of nitrogens with zero attached hydrogens (tertiary/aromatic N) is 3. The largest absolute Gasteiger partial charge is 0.340 e. The molecule has 0 fully saturated rings. The number of rotatable bonds is 5. The molecule has 2 aromatic carbocycles. The van der Waals surface area contributed by atoms with E-state index in [9.17, 15) is 4.79 Å². The van der Waals surface area contributed by atoms with Gasteiger partial charge in [-0.15, -0.1) is 0 Å². The molecule has 0 aliphatic heterocycles. The fraction of sp³-hybridized carbons (Fsp3) is 0.227. The zero-order valence-corrected chi connectivity index (χ0v) is 17.2. The Morgan fingerprint density at radius 1 is 1.07 bits per heavy atom. The fourth-order valence-corrected chi connectivity index (χ4v) is 3.39. The van der Waals surface area contributed by atoms with Crippen LogP contribution in [-0.2, 0) is 6.54 Å². The molecule has 3 rings (SSSR count). The minimum Gasteiger partial charge on any atom is -0.340 e. The maximum Gasteiger partial charge on any atom is 0.274 e. The molecule has 6 heteroatoms. The van der Waals surface area contributed by atoms with Crippen molar-refractivity contribution in [2.24, 2.45) is 0 Å². The van der Waals surface area contributed by atoms with E-state index in [0.717, 1.165) is 22.4 Å². The zero-order chi connectivity index (χ0) is 20.3. The Labute approximate surface area is 170 Å². The Morgan fingerprint density at radius 2 is 1.79 bits per heavy atom. The predicted molar refractivity (Wildman–Crippen MR) is 114 cm³/mol. The first-order chi connectivity index (χ1) is 13.3. The molecule has 5 nitrogen and oxygen atoms in total. The number of aromatic nitrogens is 2. The third-order valence-electron chi connectivity index (χ3n) is 4.35. The lowest BCUT2D eigenvalue weighted by atomic mass is 10.1. The van der Waals surface area contributed by atoms with Crippen molar-refractivity contribution in [2.45, 2.75) is 27.3 Å². The maximum atomic E-state index is 12.8. The molecule has 0 radical (unpaired) electrons. The molecule has 0 aliphatic rings. The second kappa shape index (κ2) is 8.40. The smallest absolute Gasteiger partial charge is 0.274 e. The molecule has 144 valence electrons. The molecule has 1 N–H and O–H groups in total. The van der Waals surface area contributed by atoms with E-state index < -0.39 is 0 Å². The van der Waals surface area contributed by atoms with Crippen LogP contribution in [0.15, 0.2) is 48.5 Å². The third-order valence-corrected chi connectivity index (χ3v) is 4.65. The topological polar surface area (TPSA) is 58.1 Å². The normalized spacial score (nSPS) is 10.6. The van der Waals surface area contributed by atoms with Gasteiger partial charge >= 0.3 is 0 Å². The van der Waals surface area contributed by atoms with Gasteiger partial charge in [0.1, 0.15) is 5.69 Å². The Morgan fingerprint density at radius 3 is 2.46 bits per heavy atom. The van der Waals surface area contributed by atoms with Crippen molar-refractivity contribution < 1.29 is 4.79 Å². The second-order valence-electron chi connectivity index (χ2n) is 6.93. The quantitative estimate of drug-likeness (QED) is 0.665. The SMILES string of the molecule is Cc1cc(C)c(NC(=O)c2cc(C)nc(N(C)Cc3ccccc3)n2)c(Cl)c1.